The number of hydrogen-bond acceptors (Lipinski definition) is 2. The highest BCUT2D eigenvalue weighted by atomic mass is 19.3. The van der Waals surface area contributed by atoms with Gasteiger partial charge in [-0.3, -0.25) is 0 Å². The van der Waals surface area contributed by atoms with Crippen molar-refractivity contribution in [2.45, 2.75) is 52.1 Å². The van der Waals surface area contributed by atoms with Crippen molar-refractivity contribution < 1.29 is 40.2 Å². The molecule has 9 heteroatoms. The smallest absolute Gasteiger partial charge is 0.429 e. The molecule has 0 saturated heterocycles. The average Bonchev–Trinajstić information content (AvgIpc) is 2.92. The summed E-state index contributed by atoms with van der Waals surface area (Å²) in [4.78, 5) is 0. The highest BCUT2D eigenvalue weighted by Gasteiger charge is 2.38. The van der Waals surface area contributed by atoms with Crippen LogP contribution in [0.5, 0.6) is 17.2 Å². The molecular formula is C32H25F7O2. The number of alkyl halides is 2. The van der Waals surface area contributed by atoms with E-state index in [9.17, 15) is 26.3 Å². The van der Waals surface area contributed by atoms with Crippen LogP contribution in [0.3, 0.4) is 0 Å². The Morgan fingerprint density at radius 2 is 1.41 bits per heavy atom. The van der Waals surface area contributed by atoms with Crippen molar-refractivity contribution >= 4 is 0 Å². The second-order valence-corrected chi connectivity index (χ2v) is 9.91. The third-order valence-electron chi connectivity index (χ3n) is 6.98. The molecule has 214 valence electrons. The normalized spacial score (nSPS) is 12.5. The molecule has 0 saturated carbocycles. The molecule has 1 heterocycles. The summed E-state index contributed by atoms with van der Waals surface area (Å²) in [7, 11) is 0. The van der Waals surface area contributed by atoms with Crippen LogP contribution in [-0.4, -0.2) is 0 Å². The molecule has 0 amide bonds. The van der Waals surface area contributed by atoms with E-state index in [1.54, 1.807) is 0 Å². The average molecular weight is 575 g/mol. The van der Waals surface area contributed by atoms with Gasteiger partial charge in [0.2, 0.25) is 5.82 Å². The molecule has 1 aliphatic heterocycles. The van der Waals surface area contributed by atoms with Crippen LogP contribution in [0.2, 0.25) is 0 Å². The lowest BCUT2D eigenvalue weighted by molar-refractivity contribution is -0.187. The molecule has 4 aromatic carbocycles. The van der Waals surface area contributed by atoms with Gasteiger partial charge < -0.3 is 9.47 Å². The van der Waals surface area contributed by atoms with Crippen molar-refractivity contribution in [1.29, 1.82) is 0 Å². The maximum absolute atomic E-state index is 15.6. The monoisotopic (exact) mass is 574 g/mol. The number of benzene rings is 4. The van der Waals surface area contributed by atoms with Gasteiger partial charge in [-0.15, -0.1) is 0 Å². The molecule has 1 aliphatic rings. The molecule has 0 radical (unpaired) electrons. The Morgan fingerprint density at radius 3 is 2.10 bits per heavy atom. The molecule has 2 nitrogen and oxygen atoms in total. The van der Waals surface area contributed by atoms with Gasteiger partial charge in [0.05, 0.1) is 5.56 Å². The van der Waals surface area contributed by atoms with E-state index in [1.807, 2.05) is 13.8 Å². The van der Waals surface area contributed by atoms with Crippen LogP contribution < -0.4 is 9.47 Å². The number of ether oxygens (including phenoxy) is 2. The molecule has 0 aromatic heterocycles. The number of halogens is 7. The van der Waals surface area contributed by atoms with Crippen LogP contribution in [0.1, 0.15) is 54.5 Å². The molecule has 0 spiro atoms. The van der Waals surface area contributed by atoms with Gasteiger partial charge in [0, 0.05) is 29.2 Å². The second-order valence-electron chi connectivity index (χ2n) is 9.91. The predicted octanol–water partition coefficient (Wildman–Crippen LogP) is 9.78. The zero-order valence-electron chi connectivity index (χ0n) is 22.2. The van der Waals surface area contributed by atoms with E-state index in [1.165, 1.54) is 30.3 Å². The summed E-state index contributed by atoms with van der Waals surface area (Å²) in [5, 5.41) is 0. The third-order valence-corrected chi connectivity index (χ3v) is 6.98. The van der Waals surface area contributed by atoms with E-state index >= 15 is 4.39 Å². The summed E-state index contributed by atoms with van der Waals surface area (Å²) < 4.78 is 114. The third kappa shape index (κ3) is 5.37. The van der Waals surface area contributed by atoms with Crippen LogP contribution in [-0.2, 0) is 25.4 Å². The first-order valence-electron chi connectivity index (χ1n) is 13.2. The van der Waals surface area contributed by atoms with E-state index in [0.29, 0.717) is 48.4 Å². The zero-order valence-corrected chi connectivity index (χ0v) is 22.2. The Balaban J connectivity index is 1.43. The first-order valence-corrected chi connectivity index (χ1v) is 13.2. The number of rotatable bonds is 8. The lowest BCUT2D eigenvalue weighted by Crippen LogP contribution is -2.23. The number of hydrogen-bond donors (Lipinski definition) is 0. The van der Waals surface area contributed by atoms with E-state index in [-0.39, 0.29) is 28.9 Å². The standard InChI is InChI=1S/C32H25F7O2/c1-3-5-17-7-10-22(16-25(17)33)41-32(38,39)24-12-9-18(15-26(24)34)23-11-8-20-14-21-13-19(6-4-2)27(35)29(37)31(21)40-30(20)28(23)36/h7-13,15-16H,3-6,14H2,1-2H3. The van der Waals surface area contributed by atoms with Crippen molar-refractivity contribution in [2.75, 3.05) is 0 Å². The van der Waals surface area contributed by atoms with E-state index in [0.717, 1.165) is 18.2 Å². The van der Waals surface area contributed by atoms with Gasteiger partial charge in [0.1, 0.15) is 17.4 Å². The van der Waals surface area contributed by atoms with Crippen LogP contribution in [0.15, 0.2) is 54.6 Å². The second kappa shape index (κ2) is 11.1. The van der Waals surface area contributed by atoms with Gasteiger partial charge in [-0.05, 0) is 53.8 Å². The van der Waals surface area contributed by atoms with Gasteiger partial charge in [-0.1, -0.05) is 51.0 Å². The minimum absolute atomic E-state index is 0.0761. The summed E-state index contributed by atoms with van der Waals surface area (Å²) >= 11 is 0. The van der Waals surface area contributed by atoms with Gasteiger partial charge in [0.25, 0.3) is 0 Å². The SMILES string of the molecule is CCCc1ccc(OC(F)(F)c2ccc(-c3ccc4c(c3F)Oc3c(cc(CCC)c(F)c3F)C4)cc2F)cc1F. The predicted molar refractivity (Wildman–Crippen MR) is 140 cm³/mol. The highest BCUT2D eigenvalue weighted by Crippen LogP contribution is 2.44. The molecule has 0 unspecified atom stereocenters. The number of fused-ring (bicyclic) bond motifs is 2. The van der Waals surface area contributed by atoms with E-state index < -0.39 is 52.3 Å². The molecule has 5 rings (SSSR count). The summed E-state index contributed by atoms with van der Waals surface area (Å²) in [5.41, 5.74) is -0.167. The molecule has 4 aromatic rings. The molecule has 0 N–H and O–H groups in total. The fourth-order valence-electron chi connectivity index (χ4n) is 4.97. The Bertz CT molecular complexity index is 1630. The van der Waals surface area contributed by atoms with Crippen molar-refractivity contribution in [3.63, 3.8) is 0 Å². The van der Waals surface area contributed by atoms with Gasteiger partial charge in [0.15, 0.2) is 23.1 Å². The molecule has 0 aliphatic carbocycles. The minimum Gasteiger partial charge on any atom is -0.450 e. The topological polar surface area (TPSA) is 18.5 Å². The van der Waals surface area contributed by atoms with Crippen molar-refractivity contribution in [3.8, 4) is 28.4 Å². The molecule has 0 bridgehead atoms. The fourth-order valence-corrected chi connectivity index (χ4v) is 4.97. The quantitative estimate of drug-likeness (QED) is 0.172. The molecule has 0 fully saturated rings. The first kappa shape index (κ1) is 28.5. The van der Waals surface area contributed by atoms with Crippen LogP contribution >= 0.6 is 0 Å². The summed E-state index contributed by atoms with van der Waals surface area (Å²) in [5.74, 6) is -6.65. The lowest BCUT2D eigenvalue weighted by atomic mass is 9.93. The Morgan fingerprint density at radius 1 is 0.707 bits per heavy atom. The largest absolute Gasteiger partial charge is 0.450 e. The van der Waals surface area contributed by atoms with Crippen LogP contribution in [0.25, 0.3) is 11.1 Å². The summed E-state index contributed by atoms with van der Waals surface area (Å²) in [6.45, 7) is 3.67. The lowest BCUT2D eigenvalue weighted by Gasteiger charge is -2.23. The van der Waals surface area contributed by atoms with Gasteiger partial charge >= 0.3 is 6.11 Å². The summed E-state index contributed by atoms with van der Waals surface area (Å²) in [6.07, 6.45) is -2.09. The maximum Gasteiger partial charge on any atom is 0.429 e. The molecule has 41 heavy (non-hydrogen) atoms. The molecular weight excluding hydrogens is 549 g/mol. The Labute approximate surface area is 232 Å². The fraction of sp³-hybridized carbons (Fsp3) is 0.250. The van der Waals surface area contributed by atoms with Gasteiger partial charge in [-0.25, -0.2) is 17.6 Å². The van der Waals surface area contributed by atoms with Crippen LogP contribution in [0, 0.1) is 29.1 Å². The Kier molecular flexibility index (Phi) is 7.72. The van der Waals surface area contributed by atoms with Crippen LogP contribution in [0.4, 0.5) is 30.7 Å². The van der Waals surface area contributed by atoms with E-state index in [4.69, 9.17) is 4.74 Å². The summed E-state index contributed by atoms with van der Waals surface area (Å²) in [6, 6.07) is 10.2. The Hall–Kier alpha value is -4.01. The number of aryl methyl sites for hydroxylation is 2. The maximum atomic E-state index is 15.6. The van der Waals surface area contributed by atoms with Crippen molar-refractivity contribution in [3.05, 3.63) is 112 Å². The van der Waals surface area contributed by atoms with E-state index in [2.05, 4.69) is 4.74 Å². The zero-order chi connectivity index (χ0) is 29.5. The minimum atomic E-state index is -4.17. The van der Waals surface area contributed by atoms with Gasteiger partial charge in [-0.2, -0.15) is 13.2 Å². The first-order chi connectivity index (χ1) is 19.5. The molecule has 0 atom stereocenters. The van der Waals surface area contributed by atoms with Crippen molar-refractivity contribution in [2.24, 2.45) is 0 Å². The van der Waals surface area contributed by atoms with Crippen molar-refractivity contribution in [1.82, 2.24) is 0 Å². The highest BCUT2D eigenvalue weighted by molar-refractivity contribution is 5.69.